The molecular weight excluding hydrogens is 627 g/mol. The van der Waals surface area contributed by atoms with Gasteiger partial charge in [-0.05, 0) is 147 Å². The predicted molar refractivity (Wildman–Crippen MR) is 221 cm³/mol. The van der Waals surface area contributed by atoms with E-state index in [1.807, 2.05) is 0 Å². The Labute approximate surface area is 311 Å². The van der Waals surface area contributed by atoms with Crippen LogP contribution in [0.1, 0.15) is 101 Å². The number of benzene rings is 6. The zero-order chi connectivity index (χ0) is 35.8. The van der Waals surface area contributed by atoms with Crippen molar-refractivity contribution in [3.05, 3.63) is 161 Å². The van der Waals surface area contributed by atoms with Crippen LogP contribution in [0.5, 0.6) is 0 Å². The van der Waals surface area contributed by atoms with Crippen LogP contribution in [-0.2, 0) is 29.1 Å². The Morgan fingerprint density at radius 1 is 0.423 bits per heavy atom. The minimum absolute atomic E-state index is 0.104. The second kappa shape index (κ2) is 12.1. The van der Waals surface area contributed by atoms with Gasteiger partial charge in [-0.15, -0.1) is 0 Å². The van der Waals surface area contributed by atoms with E-state index in [0.717, 1.165) is 0 Å². The van der Waals surface area contributed by atoms with Gasteiger partial charge in [0.25, 0.3) is 0 Å². The van der Waals surface area contributed by atoms with Crippen LogP contribution in [0.3, 0.4) is 0 Å². The molecule has 3 aliphatic rings. The van der Waals surface area contributed by atoms with Gasteiger partial charge in [-0.2, -0.15) is 0 Å². The van der Waals surface area contributed by atoms with E-state index in [4.69, 9.17) is 0 Å². The van der Waals surface area contributed by atoms with Crippen molar-refractivity contribution < 1.29 is 0 Å². The number of hydrogen-bond donors (Lipinski definition) is 0. The molecule has 0 bridgehead atoms. The summed E-state index contributed by atoms with van der Waals surface area (Å²) >= 11 is 0. The molecule has 52 heavy (non-hydrogen) atoms. The van der Waals surface area contributed by atoms with Gasteiger partial charge in [0.05, 0.1) is 5.69 Å². The van der Waals surface area contributed by atoms with Gasteiger partial charge in [-0.25, -0.2) is 0 Å². The first-order valence-corrected chi connectivity index (χ1v) is 19.5. The molecule has 0 spiro atoms. The molecular formula is C51H51N. The fourth-order valence-electron chi connectivity index (χ4n) is 9.63. The average Bonchev–Trinajstić information content (AvgIpc) is 3.39. The molecule has 0 N–H and O–H groups in total. The topological polar surface area (TPSA) is 3.24 Å². The average molecular weight is 678 g/mol. The monoisotopic (exact) mass is 677 g/mol. The van der Waals surface area contributed by atoms with Crippen molar-refractivity contribution in [2.75, 3.05) is 4.90 Å². The van der Waals surface area contributed by atoms with Crippen LogP contribution in [0.25, 0.3) is 33.4 Å². The Morgan fingerprint density at radius 3 is 1.83 bits per heavy atom. The van der Waals surface area contributed by atoms with Crippen molar-refractivity contribution in [2.45, 2.75) is 96.3 Å². The highest BCUT2D eigenvalue weighted by Crippen LogP contribution is 2.54. The van der Waals surface area contributed by atoms with Crippen LogP contribution in [0, 0.1) is 0 Å². The lowest BCUT2D eigenvalue weighted by atomic mass is 9.63. The summed E-state index contributed by atoms with van der Waals surface area (Å²) in [6, 6.07) is 48.9. The van der Waals surface area contributed by atoms with Gasteiger partial charge in [-0.3, -0.25) is 0 Å². The summed E-state index contributed by atoms with van der Waals surface area (Å²) in [4.78, 5) is 2.57. The van der Waals surface area contributed by atoms with Gasteiger partial charge >= 0.3 is 0 Å². The summed E-state index contributed by atoms with van der Waals surface area (Å²) in [5.74, 6) is 0. The number of aryl methyl sites for hydroxylation is 2. The molecule has 1 heteroatoms. The third-order valence-corrected chi connectivity index (χ3v) is 12.9. The quantitative estimate of drug-likeness (QED) is 0.176. The Kier molecular flexibility index (Phi) is 7.67. The van der Waals surface area contributed by atoms with Gasteiger partial charge in [-0.1, -0.05) is 133 Å². The van der Waals surface area contributed by atoms with Gasteiger partial charge in [0.1, 0.15) is 0 Å². The van der Waals surface area contributed by atoms with Crippen molar-refractivity contribution in [3.63, 3.8) is 0 Å². The van der Waals surface area contributed by atoms with Gasteiger partial charge in [0.15, 0.2) is 0 Å². The lowest BCUT2D eigenvalue weighted by molar-refractivity contribution is 0.332. The normalized spacial score (nSPS) is 17.4. The van der Waals surface area contributed by atoms with E-state index in [2.05, 4.69) is 174 Å². The highest BCUT2D eigenvalue weighted by atomic mass is 15.1. The Hall–Kier alpha value is -4.88. The predicted octanol–water partition coefficient (Wildman–Crippen LogP) is 14.0. The lowest BCUT2D eigenvalue weighted by Gasteiger charge is -2.42. The van der Waals surface area contributed by atoms with Gasteiger partial charge in [0.2, 0.25) is 0 Å². The summed E-state index contributed by atoms with van der Waals surface area (Å²) < 4.78 is 0. The fraction of sp³-hybridized carbons (Fsp3) is 0.294. The molecule has 0 saturated carbocycles. The number of fused-ring (bicyclic) bond motifs is 5. The molecule has 0 heterocycles. The molecule has 1 nitrogen and oxygen atoms in total. The van der Waals surface area contributed by atoms with E-state index in [1.165, 1.54) is 122 Å². The lowest BCUT2D eigenvalue weighted by Crippen LogP contribution is -2.34. The number of rotatable bonds is 5. The molecule has 0 aliphatic heterocycles. The van der Waals surface area contributed by atoms with Crippen LogP contribution >= 0.6 is 0 Å². The van der Waals surface area contributed by atoms with Crippen LogP contribution in [-0.4, -0.2) is 0 Å². The molecule has 6 aromatic carbocycles. The molecule has 0 unspecified atom stereocenters. The second-order valence-electron chi connectivity index (χ2n) is 17.5. The van der Waals surface area contributed by atoms with E-state index in [-0.39, 0.29) is 16.2 Å². The molecule has 0 saturated heterocycles. The SMILES string of the molecule is CC1(C)CCC(C)(C)c2cc(N(c3ccc(-c4ccccc4)cc3)c3cc4c(cc3-c3ccc5c(c3)CCCC5)-c3ccccc3C4(C)C)ccc21. The highest BCUT2D eigenvalue weighted by Gasteiger charge is 2.39. The minimum atomic E-state index is -0.111. The zero-order valence-electron chi connectivity index (χ0n) is 31.8. The van der Waals surface area contributed by atoms with Gasteiger partial charge < -0.3 is 4.90 Å². The largest absolute Gasteiger partial charge is 0.310 e. The molecule has 0 radical (unpaired) electrons. The van der Waals surface area contributed by atoms with Crippen LogP contribution in [0.2, 0.25) is 0 Å². The van der Waals surface area contributed by atoms with E-state index < -0.39 is 0 Å². The Balaban J connectivity index is 1.32. The van der Waals surface area contributed by atoms with Crippen LogP contribution in [0.4, 0.5) is 17.1 Å². The summed E-state index contributed by atoms with van der Waals surface area (Å²) in [6.45, 7) is 14.5. The standard InChI is InChI=1S/C51H51N/c1-49(2)28-29-50(3,4)47-31-40(26-27-45(47)49)52(39-24-22-36(23-25-39)34-14-8-7-9-15-34)48-33-46-43(41-18-12-13-19-44(41)51(46,5)6)32-42(48)38-21-20-35-16-10-11-17-37(35)30-38/h7-9,12-15,18-27,30-33H,10-11,16-17,28-29H2,1-6H3. The van der Waals surface area contributed by atoms with Crippen molar-refractivity contribution in [1.82, 2.24) is 0 Å². The summed E-state index contributed by atoms with van der Waals surface area (Å²) in [6.07, 6.45) is 7.32. The first kappa shape index (κ1) is 33.0. The molecule has 3 aliphatic carbocycles. The van der Waals surface area contributed by atoms with Crippen LogP contribution in [0.15, 0.2) is 127 Å². The molecule has 6 aromatic rings. The number of nitrogens with zero attached hydrogens (tertiary/aromatic N) is 1. The van der Waals surface area contributed by atoms with E-state index in [0.29, 0.717) is 0 Å². The Bertz CT molecular complexity index is 2320. The first-order valence-electron chi connectivity index (χ1n) is 19.5. The maximum Gasteiger partial charge on any atom is 0.0543 e. The minimum Gasteiger partial charge on any atom is -0.310 e. The fourth-order valence-corrected chi connectivity index (χ4v) is 9.63. The third-order valence-electron chi connectivity index (χ3n) is 12.9. The molecule has 0 aromatic heterocycles. The summed E-state index contributed by atoms with van der Waals surface area (Å²) in [5.41, 5.74) is 20.4. The first-order chi connectivity index (χ1) is 25.0. The molecule has 0 amide bonds. The maximum absolute atomic E-state index is 2.57. The van der Waals surface area contributed by atoms with E-state index in [9.17, 15) is 0 Å². The smallest absolute Gasteiger partial charge is 0.0543 e. The van der Waals surface area contributed by atoms with Gasteiger partial charge in [0, 0.05) is 22.4 Å². The number of hydrogen-bond acceptors (Lipinski definition) is 1. The van der Waals surface area contributed by atoms with Crippen LogP contribution < -0.4 is 4.90 Å². The maximum atomic E-state index is 2.57. The summed E-state index contributed by atoms with van der Waals surface area (Å²) in [7, 11) is 0. The molecule has 260 valence electrons. The number of anilines is 3. The second-order valence-corrected chi connectivity index (χ2v) is 17.5. The Morgan fingerprint density at radius 2 is 1.06 bits per heavy atom. The van der Waals surface area contributed by atoms with Crippen molar-refractivity contribution in [3.8, 4) is 33.4 Å². The van der Waals surface area contributed by atoms with E-state index in [1.54, 1.807) is 0 Å². The third kappa shape index (κ3) is 5.35. The zero-order valence-corrected chi connectivity index (χ0v) is 31.8. The molecule has 9 rings (SSSR count). The molecule has 0 fully saturated rings. The van der Waals surface area contributed by atoms with Crippen molar-refractivity contribution in [2.24, 2.45) is 0 Å². The van der Waals surface area contributed by atoms with E-state index >= 15 is 0 Å². The van der Waals surface area contributed by atoms with Crippen molar-refractivity contribution in [1.29, 1.82) is 0 Å². The molecule has 0 atom stereocenters. The van der Waals surface area contributed by atoms with Crippen molar-refractivity contribution >= 4 is 17.1 Å². The highest BCUT2D eigenvalue weighted by molar-refractivity contribution is 5.95. The summed E-state index contributed by atoms with van der Waals surface area (Å²) in [5, 5.41) is 0.